The lowest BCUT2D eigenvalue weighted by Gasteiger charge is -2.13. The highest BCUT2D eigenvalue weighted by Crippen LogP contribution is 2.45. The van der Waals surface area contributed by atoms with Gasteiger partial charge in [-0.2, -0.15) is 0 Å². The molecule has 0 spiro atoms. The van der Waals surface area contributed by atoms with Crippen LogP contribution in [0.1, 0.15) is 0 Å². The summed E-state index contributed by atoms with van der Waals surface area (Å²) in [5.41, 5.74) is 11.2. The zero-order chi connectivity index (χ0) is 32.1. The summed E-state index contributed by atoms with van der Waals surface area (Å²) in [6, 6.07) is 53.7. The second-order valence-electron chi connectivity index (χ2n) is 12.7. The first-order chi connectivity index (χ1) is 24.2. The van der Waals surface area contributed by atoms with Gasteiger partial charge in [-0.25, -0.2) is 4.98 Å². The van der Waals surface area contributed by atoms with Crippen LogP contribution >= 0.6 is 11.3 Å². The fourth-order valence-electron chi connectivity index (χ4n) is 7.54. The molecule has 0 bridgehead atoms. The molecule has 0 aliphatic carbocycles. The predicted molar refractivity (Wildman–Crippen MR) is 205 cm³/mol. The second kappa shape index (κ2) is 10.1. The molecule has 0 atom stereocenters. The third kappa shape index (κ3) is 4.05. The highest BCUT2D eigenvalue weighted by Gasteiger charge is 2.18. The lowest BCUT2D eigenvalue weighted by molar-refractivity contribution is 0.668. The maximum absolute atomic E-state index is 6.20. The van der Waals surface area contributed by atoms with Gasteiger partial charge >= 0.3 is 0 Å². The molecule has 0 saturated heterocycles. The third-order valence-electron chi connectivity index (χ3n) is 9.84. The minimum absolute atomic E-state index is 0.891. The van der Waals surface area contributed by atoms with Gasteiger partial charge in [-0.15, -0.1) is 11.3 Å². The summed E-state index contributed by atoms with van der Waals surface area (Å²) >= 11 is 1.82. The van der Waals surface area contributed by atoms with Gasteiger partial charge < -0.3 is 8.83 Å². The first-order valence-corrected chi connectivity index (χ1v) is 17.3. The number of pyridine rings is 1. The van der Waals surface area contributed by atoms with E-state index >= 15 is 0 Å². The van der Waals surface area contributed by atoms with Crippen LogP contribution in [0.25, 0.3) is 108 Å². The third-order valence-corrected chi connectivity index (χ3v) is 11.0. The Labute approximate surface area is 284 Å². The van der Waals surface area contributed by atoms with E-state index in [1.807, 2.05) is 35.6 Å². The standard InChI is InChI=1S/C45H25NO2S/c1-5-13-37-33(11-1)43-34-12-4-8-16-42(34)49-45(43)44(46-37)30-22-28(26-17-19-40-35(24-26)31-9-2-6-14-38(31)47-40)21-29(23-30)27-18-20-41-36(25-27)32-10-3-7-15-39(32)48-41/h1-25H. The smallest absolute Gasteiger partial charge is 0.135 e. The molecule has 7 aromatic carbocycles. The number of rotatable bonds is 3. The lowest BCUT2D eigenvalue weighted by Crippen LogP contribution is -1.90. The van der Waals surface area contributed by atoms with Crippen molar-refractivity contribution in [2.45, 2.75) is 0 Å². The summed E-state index contributed by atoms with van der Waals surface area (Å²) in [7, 11) is 0. The van der Waals surface area contributed by atoms with Crippen molar-refractivity contribution in [3.8, 4) is 33.5 Å². The average Bonchev–Trinajstić information content (AvgIpc) is 3.85. The first kappa shape index (κ1) is 26.8. The maximum Gasteiger partial charge on any atom is 0.135 e. The van der Waals surface area contributed by atoms with Crippen LogP contribution in [0.15, 0.2) is 160 Å². The van der Waals surface area contributed by atoms with Crippen molar-refractivity contribution in [3.05, 3.63) is 152 Å². The van der Waals surface area contributed by atoms with Gasteiger partial charge in [0.05, 0.1) is 15.9 Å². The maximum atomic E-state index is 6.20. The number of para-hydroxylation sites is 3. The number of hydrogen-bond donors (Lipinski definition) is 0. The van der Waals surface area contributed by atoms with Crippen LogP contribution in [0.5, 0.6) is 0 Å². The Morgan fingerprint density at radius 3 is 1.55 bits per heavy atom. The summed E-state index contributed by atoms with van der Waals surface area (Å²) in [4.78, 5) is 5.38. The molecule has 0 N–H and O–H groups in total. The van der Waals surface area contributed by atoms with Gasteiger partial charge in [-0.3, -0.25) is 0 Å². The Morgan fingerprint density at radius 1 is 0.388 bits per heavy atom. The minimum atomic E-state index is 0.891. The van der Waals surface area contributed by atoms with Crippen molar-refractivity contribution in [2.75, 3.05) is 0 Å². The molecule has 4 heteroatoms. The molecule has 0 aliphatic heterocycles. The molecule has 0 radical (unpaired) electrons. The van der Waals surface area contributed by atoms with E-state index in [1.165, 1.54) is 25.6 Å². The van der Waals surface area contributed by atoms with Crippen LogP contribution in [0.3, 0.4) is 0 Å². The van der Waals surface area contributed by atoms with Gasteiger partial charge in [-0.05, 0) is 89.0 Å². The molecule has 0 amide bonds. The van der Waals surface area contributed by atoms with E-state index in [1.54, 1.807) is 0 Å². The van der Waals surface area contributed by atoms with Crippen molar-refractivity contribution in [1.82, 2.24) is 4.98 Å². The Balaban J connectivity index is 1.21. The molecular weight excluding hydrogens is 619 g/mol. The van der Waals surface area contributed by atoms with Gasteiger partial charge in [-0.1, -0.05) is 84.9 Å². The Morgan fingerprint density at radius 2 is 0.898 bits per heavy atom. The second-order valence-corrected chi connectivity index (χ2v) is 13.7. The number of aromatic nitrogens is 1. The lowest BCUT2D eigenvalue weighted by atomic mass is 9.93. The highest BCUT2D eigenvalue weighted by molar-refractivity contribution is 7.26. The predicted octanol–water partition coefficient (Wildman–Crippen LogP) is 13.4. The van der Waals surface area contributed by atoms with Crippen molar-refractivity contribution >= 4 is 86.3 Å². The van der Waals surface area contributed by atoms with Crippen LogP contribution in [0.4, 0.5) is 0 Å². The van der Waals surface area contributed by atoms with E-state index in [0.717, 1.165) is 82.9 Å². The highest BCUT2D eigenvalue weighted by atomic mass is 32.1. The van der Waals surface area contributed by atoms with E-state index in [-0.39, 0.29) is 0 Å². The van der Waals surface area contributed by atoms with Crippen LogP contribution in [-0.4, -0.2) is 4.98 Å². The summed E-state index contributed by atoms with van der Waals surface area (Å²) < 4.78 is 14.9. The van der Waals surface area contributed by atoms with Gasteiger partial charge in [0.1, 0.15) is 22.3 Å². The minimum Gasteiger partial charge on any atom is -0.456 e. The molecule has 228 valence electrons. The molecule has 0 saturated carbocycles. The van der Waals surface area contributed by atoms with Gasteiger partial charge in [0, 0.05) is 48.0 Å². The van der Waals surface area contributed by atoms with Crippen LogP contribution in [0.2, 0.25) is 0 Å². The molecule has 0 aliphatic rings. The summed E-state index contributed by atoms with van der Waals surface area (Å²) in [5.74, 6) is 0. The summed E-state index contributed by atoms with van der Waals surface area (Å²) in [5, 5.41) is 8.19. The number of thiophene rings is 1. The largest absolute Gasteiger partial charge is 0.456 e. The number of fused-ring (bicyclic) bond motifs is 11. The SMILES string of the molecule is c1ccc2c(c1)nc(-c1cc(-c3ccc4oc5ccccc5c4c3)cc(-c3ccc4oc5ccccc5c4c3)c1)c1sc3ccccc3c12. The normalized spacial score (nSPS) is 12.1. The van der Waals surface area contributed by atoms with Crippen LogP contribution < -0.4 is 0 Å². The zero-order valence-corrected chi connectivity index (χ0v) is 26.9. The fraction of sp³-hybridized carbons (Fsp3) is 0. The molecule has 0 fully saturated rings. The quantitative estimate of drug-likeness (QED) is 0.192. The zero-order valence-electron chi connectivity index (χ0n) is 26.1. The van der Waals surface area contributed by atoms with Gasteiger partial charge in [0.15, 0.2) is 0 Å². The van der Waals surface area contributed by atoms with Crippen LogP contribution in [-0.2, 0) is 0 Å². The molecule has 4 heterocycles. The number of hydrogen-bond acceptors (Lipinski definition) is 4. The van der Waals surface area contributed by atoms with Gasteiger partial charge in [0.25, 0.3) is 0 Å². The molecule has 49 heavy (non-hydrogen) atoms. The Hall–Kier alpha value is -6.23. The number of furan rings is 2. The monoisotopic (exact) mass is 643 g/mol. The van der Waals surface area contributed by atoms with Gasteiger partial charge in [0.2, 0.25) is 0 Å². The molecule has 0 unspecified atom stereocenters. The number of nitrogens with zero attached hydrogens (tertiary/aromatic N) is 1. The summed E-state index contributed by atoms with van der Waals surface area (Å²) in [6.07, 6.45) is 0. The number of benzene rings is 7. The fourth-order valence-corrected chi connectivity index (χ4v) is 8.77. The molecule has 11 aromatic rings. The average molecular weight is 644 g/mol. The van der Waals surface area contributed by atoms with E-state index in [2.05, 4.69) is 127 Å². The summed E-state index contributed by atoms with van der Waals surface area (Å²) in [6.45, 7) is 0. The van der Waals surface area contributed by atoms with Crippen molar-refractivity contribution in [3.63, 3.8) is 0 Å². The first-order valence-electron chi connectivity index (χ1n) is 16.4. The molecule has 11 rings (SSSR count). The van der Waals surface area contributed by atoms with Crippen molar-refractivity contribution < 1.29 is 8.83 Å². The van der Waals surface area contributed by atoms with E-state index in [0.29, 0.717) is 0 Å². The van der Waals surface area contributed by atoms with E-state index in [4.69, 9.17) is 13.8 Å². The molecule has 3 nitrogen and oxygen atoms in total. The molecule has 4 aromatic heterocycles. The topological polar surface area (TPSA) is 39.2 Å². The van der Waals surface area contributed by atoms with E-state index in [9.17, 15) is 0 Å². The van der Waals surface area contributed by atoms with Crippen molar-refractivity contribution in [2.24, 2.45) is 0 Å². The van der Waals surface area contributed by atoms with Crippen molar-refractivity contribution in [1.29, 1.82) is 0 Å². The Kier molecular flexibility index (Phi) is 5.54. The van der Waals surface area contributed by atoms with Crippen LogP contribution in [0, 0.1) is 0 Å². The molecular formula is C45H25NO2S. The van der Waals surface area contributed by atoms with E-state index < -0.39 is 0 Å². The Bertz CT molecular complexity index is 2990.